The van der Waals surface area contributed by atoms with E-state index in [0.29, 0.717) is 18.7 Å². The third kappa shape index (κ3) is 1.92. The first-order chi connectivity index (χ1) is 9.54. The Balaban J connectivity index is 2.01. The van der Waals surface area contributed by atoms with Crippen LogP contribution < -0.4 is 5.32 Å². The summed E-state index contributed by atoms with van der Waals surface area (Å²) < 4.78 is 26.6. The van der Waals surface area contributed by atoms with E-state index in [-0.39, 0.29) is 11.8 Å². The van der Waals surface area contributed by atoms with Crippen molar-refractivity contribution in [1.29, 1.82) is 0 Å². The van der Waals surface area contributed by atoms with Crippen LogP contribution in [-0.4, -0.2) is 37.5 Å². The number of carbonyl (C=O) groups is 1. The molecule has 2 aliphatic heterocycles. The van der Waals surface area contributed by atoms with Gasteiger partial charge in [-0.3, -0.25) is 4.79 Å². The van der Waals surface area contributed by atoms with Gasteiger partial charge in [-0.05, 0) is 37.1 Å². The van der Waals surface area contributed by atoms with Crippen LogP contribution in [0.3, 0.4) is 0 Å². The van der Waals surface area contributed by atoms with Crippen LogP contribution in [0.4, 0.5) is 8.78 Å². The summed E-state index contributed by atoms with van der Waals surface area (Å²) in [6.07, 6.45) is 1.73. The van der Waals surface area contributed by atoms with Gasteiger partial charge in [0.2, 0.25) is 5.91 Å². The molecule has 1 N–H and O–H groups in total. The molecule has 3 rings (SSSR count). The molecule has 1 aromatic rings. The predicted molar refractivity (Wildman–Crippen MR) is 71.3 cm³/mol. The Labute approximate surface area is 117 Å². The van der Waals surface area contributed by atoms with Crippen molar-refractivity contribution in [2.24, 2.45) is 5.41 Å². The topological polar surface area (TPSA) is 32.3 Å². The maximum atomic E-state index is 13.5. The Morgan fingerprint density at radius 2 is 2.15 bits per heavy atom. The maximum Gasteiger partial charge on any atom is 0.230 e. The molecule has 2 aliphatic rings. The van der Waals surface area contributed by atoms with E-state index < -0.39 is 17.0 Å². The van der Waals surface area contributed by atoms with Gasteiger partial charge in [0.1, 0.15) is 0 Å². The van der Waals surface area contributed by atoms with Crippen LogP contribution in [0.2, 0.25) is 0 Å². The molecule has 1 spiro atoms. The number of halogens is 2. The Morgan fingerprint density at radius 3 is 2.80 bits per heavy atom. The molecule has 3 nitrogen and oxygen atoms in total. The van der Waals surface area contributed by atoms with E-state index in [1.165, 1.54) is 6.07 Å². The highest BCUT2D eigenvalue weighted by Gasteiger charge is 2.53. The summed E-state index contributed by atoms with van der Waals surface area (Å²) in [4.78, 5) is 14.2. The van der Waals surface area contributed by atoms with Crippen molar-refractivity contribution < 1.29 is 13.6 Å². The predicted octanol–water partition coefficient (Wildman–Crippen LogP) is 1.89. The third-order valence-corrected chi connectivity index (χ3v) is 4.66. The van der Waals surface area contributed by atoms with Gasteiger partial charge in [0.25, 0.3) is 0 Å². The van der Waals surface area contributed by atoms with E-state index in [2.05, 4.69) is 5.32 Å². The zero-order valence-electron chi connectivity index (χ0n) is 11.5. The van der Waals surface area contributed by atoms with Crippen LogP contribution in [0.15, 0.2) is 18.2 Å². The molecule has 0 saturated carbocycles. The highest BCUT2D eigenvalue weighted by Crippen LogP contribution is 2.47. The van der Waals surface area contributed by atoms with Gasteiger partial charge in [-0.25, -0.2) is 8.78 Å². The number of amides is 1. The van der Waals surface area contributed by atoms with Gasteiger partial charge < -0.3 is 10.2 Å². The first-order valence-corrected chi connectivity index (χ1v) is 6.96. The number of carbonyl (C=O) groups excluding carboxylic acids is 1. The van der Waals surface area contributed by atoms with Crippen LogP contribution in [-0.2, 0) is 4.79 Å². The lowest BCUT2D eigenvalue weighted by atomic mass is 9.69. The van der Waals surface area contributed by atoms with Crippen LogP contribution in [0, 0.1) is 17.0 Å². The normalized spacial score (nSPS) is 30.2. The smallest absolute Gasteiger partial charge is 0.230 e. The third-order valence-electron chi connectivity index (χ3n) is 4.66. The molecule has 2 saturated heterocycles. The first-order valence-electron chi connectivity index (χ1n) is 6.96. The quantitative estimate of drug-likeness (QED) is 0.852. The second kappa shape index (κ2) is 4.81. The van der Waals surface area contributed by atoms with Crippen molar-refractivity contribution in [3.05, 3.63) is 35.4 Å². The fourth-order valence-electron chi connectivity index (χ4n) is 3.62. The van der Waals surface area contributed by atoms with Gasteiger partial charge in [-0.2, -0.15) is 0 Å². The Hall–Kier alpha value is -1.49. The lowest BCUT2D eigenvalue weighted by molar-refractivity contribution is -0.136. The van der Waals surface area contributed by atoms with Crippen LogP contribution in [0.25, 0.3) is 0 Å². The average molecular weight is 280 g/mol. The summed E-state index contributed by atoms with van der Waals surface area (Å²) in [5.41, 5.74) is 0.211. The van der Waals surface area contributed by atoms with Gasteiger partial charge in [-0.15, -0.1) is 0 Å². The summed E-state index contributed by atoms with van der Waals surface area (Å²) in [5.74, 6) is -1.66. The summed E-state index contributed by atoms with van der Waals surface area (Å²) in [7, 11) is 1.78. The standard InChI is InChI=1S/C15H18F2N2O/c1-19-8-11(10-3-4-12(16)13(17)7-10)15(14(19)20)5-2-6-18-9-15/h3-4,7,11,18H,2,5-6,8-9H2,1H3. The first kappa shape index (κ1) is 13.5. The van der Waals surface area contributed by atoms with Gasteiger partial charge in [-0.1, -0.05) is 6.07 Å². The molecule has 5 heteroatoms. The minimum atomic E-state index is -0.845. The van der Waals surface area contributed by atoms with Gasteiger partial charge in [0.15, 0.2) is 11.6 Å². The molecule has 0 aliphatic carbocycles. The van der Waals surface area contributed by atoms with Crippen LogP contribution in [0.5, 0.6) is 0 Å². The minimum Gasteiger partial charge on any atom is -0.345 e. The molecular weight excluding hydrogens is 262 g/mol. The zero-order valence-corrected chi connectivity index (χ0v) is 11.5. The Kier molecular flexibility index (Phi) is 3.24. The number of rotatable bonds is 1. The fraction of sp³-hybridized carbons (Fsp3) is 0.533. The van der Waals surface area contributed by atoms with E-state index in [9.17, 15) is 13.6 Å². The molecular formula is C15H18F2N2O. The fourth-order valence-corrected chi connectivity index (χ4v) is 3.62. The molecule has 1 aromatic carbocycles. The lowest BCUT2D eigenvalue weighted by Crippen LogP contribution is -2.47. The zero-order chi connectivity index (χ0) is 14.3. The van der Waals surface area contributed by atoms with Crippen LogP contribution in [0.1, 0.15) is 24.3 Å². The average Bonchev–Trinajstić information content (AvgIpc) is 2.68. The SMILES string of the molecule is CN1CC(c2ccc(F)c(F)c2)C2(CCCNC2)C1=O. The van der Waals surface area contributed by atoms with Crippen molar-refractivity contribution in [3.63, 3.8) is 0 Å². The van der Waals surface area contributed by atoms with E-state index in [4.69, 9.17) is 0 Å². The number of hydrogen-bond acceptors (Lipinski definition) is 2. The van der Waals surface area contributed by atoms with Crippen molar-refractivity contribution in [2.75, 3.05) is 26.7 Å². The second-order valence-electron chi connectivity index (χ2n) is 5.85. The number of nitrogens with one attached hydrogen (secondary N) is 1. The molecule has 2 heterocycles. The van der Waals surface area contributed by atoms with Crippen molar-refractivity contribution in [3.8, 4) is 0 Å². The molecule has 2 atom stereocenters. The number of likely N-dealkylation sites (N-methyl/N-ethyl adjacent to an activating group) is 1. The lowest BCUT2D eigenvalue weighted by Gasteiger charge is -2.36. The number of benzene rings is 1. The van der Waals surface area contributed by atoms with E-state index >= 15 is 0 Å². The van der Waals surface area contributed by atoms with Gasteiger partial charge in [0.05, 0.1) is 5.41 Å². The highest BCUT2D eigenvalue weighted by atomic mass is 19.2. The summed E-state index contributed by atoms with van der Waals surface area (Å²) in [6, 6.07) is 3.99. The number of nitrogens with zero attached hydrogens (tertiary/aromatic N) is 1. The molecule has 0 aromatic heterocycles. The van der Waals surface area contributed by atoms with Gasteiger partial charge >= 0.3 is 0 Å². The van der Waals surface area contributed by atoms with Crippen molar-refractivity contribution in [2.45, 2.75) is 18.8 Å². The van der Waals surface area contributed by atoms with E-state index in [1.54, 1.807) is 18.0 Å². The molecule has 0 bridgehead atoms. The Bertz CT molecular complexity index is 541. The molecule has 1 amide bonds. The van der Waals surface area contributed by atoms with Crippen molar-refractivity contribution in [1.82, 2.24) is 10.2 Å². The Morgan fingerprint density at radius 1 is 1.35 bits per heavy atom. The number of likely N-dealkylation sites (tertiary alicyclic amines) is 1. The summed E-state index contributed by atoms with van der Waals surface area (Å²) in [6.45, 7) is 2.08. The number of hydrogen-bond donors (Lipinski definition) is 1. The molecule has 2 fully saturated rings. The summed E-state index contributed by atoms with van der Waals surface area (Å²) in [5, 5.41) is 3.28. The highest BCUT2D eigenvalue weighted by molar-refractivity contribution is 5.87. The largest absolute Gasteiger partial charge is 0.345 e. The summed E-state index contributed by atoms with van der Waals surface area (Å²) >= 11 is 0. The molecule has 108 valence electrons. The minimum absolute atomic E-state index is 0.0806. The molecule has 0 radical (unpaired) electrons. The van der Waals surface area contributed by atoms with E-state index in [0.717, 1.165) is 25.5 Å². The molecule has 20 heavy (non-hydrogen) atoms. The van der Waals surface area contributed by atoms with Crippen molar-refractivity contribution >= 4 is 5.91 Å². The van der Waals surface area contributed by atoms with Crippen LogP contribution >= 0.6 is 0 Å². The number of piperidine rings is 1. The van der Waals surface area contributed by atoms with E-state index in [1.807, 2.05) is 0 Å². The monoisotopic (exact) mass is 280 g/mol. The second-order valence-corrected chi connectivity index (χ2v) is 5.85. The maximum absolute atomic E-state index is 13.5. The molecule has 2 unspecified atom stereocenters. The van der Waals surface area contributed by atoms with Gasteiger partial charge in [0, 0.05) is 26.1 Å².